The van der Waals surface area contributed by atoms with Crippen LogP contribution in [-0.2, 0) is 39.5 Å². The minimum absolute atomic E-state index is 0. The van der Waals surface area contributed by atoms with E-state index in [4.69, 9.17) is 75.7 Å². The molecule has 0 spiro atoms. The van der Waals surface area contributed by atoms with Crippen molar-refractivity contribution in [2.75, 3.05) is 48.8 Å². The molecule has 9 aromatic carbocycles. The quantitative estimate of drug-likeness (QED) is 0.0552. The van der Waals surface area contributed by atoms with Gasteiger partial charge in [-0.2, -0.15) is 0 Å². The van der Waals surface area contributed by atoms with E-state index in [9.17, 15) is 62.3 Å². The molecular weight excluding hydrogens is 1420 g/mol. The first kappa shape index (κ1) is 76.4. The summed E-state index contributed by atoms with van der Waals surface area (Å²) in [6, 6.07) is 43.3. The average Bonchev–Trinajstić information content (AvgIpc) is 0.792. The van der Waals surface area contributed by atoms with Gasteiger partial charge >= 0.3 is 69.3 Å². The Balaban J connectivity index is 0.000000288. The number of benzene rings is 9. The van der Waals surface area contributed by atoms with E-state index in [1.54, 1.807) is 91.0 Å². The van der Waals surface area contributed by atoms with Crippen LogP contribution in [0.4, 0.5) is 34.6 Å². The van der Waals surface area contributed by atoms with Gasteiger partial charge in [-0.15, -0.1) is 0 Å². The van der Waals surface area contributed by atoms with Crippen LogP contribution in [0.3, 0.4) is 0 Å². The number of anilines is 3. The Labute approximate surface area is 601 Å². The number of esters is 2. The van der Waals surface area contributed by atoms with Gasteiger partial charge in [0.25, 0.3) is 30.1 Å². The summed E-state index contributed by atoms with van der Waals surface area (Å²) in [5, 5.41) is 10.2. The van der Waals surface area contributed by atoms with Crippen molar-refractivity contribution in [2.45, 2.75) is 14.7 Å². The molecule has 478 valence electrons. The normalized spacial score (nSPS) is 11.0. The Kier molecular flexibility index (Phi) is 28.4. The van der Waals surface area contributed by atoms with E-state index >= 15 is 0 Å². The number of nitrogens with one attached hydrogen (secondary N) is 1. The molecule has 0 heterocycles. The third-order valence-corrected chi connectivity index (χ3v) is 18.8. The third kappa shape index (κ3) is 19.2. The topological polar surface area (TPSA) is 241 Å². The van der Waals surface area contributed by atoms with Gasteiger partial charge in [0.15, 0.2) is 0 Å². The Morgan fingerprint density at radius 2 is 0.750 bits per heavy atom. The minimum atomic E-state index is -4.23. The summed E-state index contributed by atoms with van der Waals surface area (Å²) in [5.41, 5.74) is 0.384. The van der Waals surface area contributed by atoms with E-state index in [0.29, 0.717) is 16.7 Å². The fourth-order valence-electron chi connectivity index (χ4n) is 8.36. The Morgan fingerprint density at radius 1 is 0.467 bits per heavy atom. The van der Waals surface area contributed by atoms with E-state index in [2.05, 4.69) is 9.46 Å². The minimum Gasteiger partial charge on any atom is -0.870 e. The molecule has 0 unspecified atom stereocenters. The maximum Gasteiger partial charge on any atom is 1.00 e. The second kappa shape index (κ2) is 34.2. The smallest absolute Gasteiger partial charge is 0.870 e. The van der Waals surface area contributed by atoms with Crippen molar-refractivity contribution in [3.8, 4) is 33.4 Å². The fraction of sp³-hybridized carbons (Fsp3) is 0.0806. The fourth-order valence-corrected chi connectivity index (χ4v) is 14.0. The first-order chi connectivity index (χ1) is 42.9. The van der Waals surface area contributed by atoms with Crippen LogP contribution in [0.25, 0.3) is 33.4 Å². The monoisotopic (exact) mass is 1460 g/mol. The summed E-state index contributed by atoms with van der Waals surface area (Å²) in [7, 11) is -8.92. The van der Waals surface area contributed by atoms with Crippen LogP contribution < -0.4 is 64.7 Å². The van der Waals surface area contributed by atoms with Crippen molar-refractivity contribution in [1.29, 1.82) is 0 Å². The predicted molar refractivity (Wildman–Crippen MR) is 345 cm³/mol. The number of nitrogens with zero attached hydrogens (tertiary/aromatic N) is 2. The molecule has 9 rings (SSSR count). The number of carboxylic acids is 1. The number of hydrogen-bond donors (Lipinski definition) is 2. The van der Waals surface area contributed by atoms with Gasteiger partial charge in [-0.1, -0.05) is 161 Å². The first-order valence-corrected chi connectivity index (χ1v) is 31.8. The van der Waals surface area contributed by atoms with Crippen molar-refractivity contribution in [1.82, 2.24) is 0 Å². The van der Waals surface area contributed by atoms with E-state index < -0.39 is 78.1 Å². The zero-order valence-electron chi connectivity index (χ0n) is 49.3. The van der Waals surface area contributed by atoms with Gasteiger partial charge in [0, 0.05) is 60.9 Å². The molecule has 0 aliphatic carbocycles. The number of carbonyl (C=O) groups excluding carboxylic acids is 2. The van der Waals surface area contributed by atoms with Gasteiger partial charge in [0.1, 0.15) is 17.5 Å². The molecule has 0 bridgehead atoms. The van der Waals surface area contributed by atoms with E-state index in [-0.39, 0.29) is 147 Å². The number of rotatable bonds is 15. The molecule has 9 aromatic rings. The van der Waals surface area contributed by atoms with E-state index in [0.717, 1.165) is 41.0 Å². The maximum absolute atomic E-state index is 14.8. The van der Waals surface area contributed by atoms with Gasteiger partial charge < -0.3 is 20.1 Å². The molecule has 92 heavy (non-hydrogen) atoms. The molecular formula is C62H48Cl6F4KN3O13S3. The largest absolute Gasteiger partial charge is 1.00 e. The van der Waals surface area contributed by atoms with Crippen LogP contribution in [0.5, 0.6) is 0 Å². The standard InChI is InChI=1S/C21H16Cl2FNO4S.2C20H14Cl2FNO4S.CH3F.K.H2O/c1-25(30(27,28)16-9-14(22)8-15(23)10-16)20-12-17(13-6-4-3-5-7-13)19(24)11-18(20)21(26)29-2;1-28-20(25)17-10-18(23)16(12-5-3-2-4-6-12)11-19(17)24-29(26,27)15-8-13(21)7-14(22)9-15;1-24(29(27,28)15-8-13(21)7-14(22)9-15)19-11-16(12-5-3-2-4-6-12)18(23)10-17(19)20(25)26;1-2;;/h3-12H,1-2H3;2-11,24H,1H3;2-11H,1H3,(H,25,26);1H3;;1H2/q;;;;+1;/p-1/i;;;1D;;. The summed E-state index contributed by atoms with van der Waals surface area (Å²) < 4.78 is 151. The molecule has 16 nitrogen and oxygen atoms in total. The van der Waals surface area contributed by atoms with Crippen LogP contribution in [0, 0.1) is 17.5 Å². The van der Waals surface area contributed by atoms with E-state index in [1.165, 1.54) is 86.9 Å². The molecule has 0 amide bonds. The number of aromatic carboxylic acids is 1. The maximum atomic E-state index is 14.8. The molecule has 0 aliphatic rings. The van der Waals surface area contributed by atoms with Crippen molar-refractivity contribution < 1.29 is 130 Å². The number of carboxylic acid groups (broad SMARTS) is 1. The number of halogens is 10. The van der Waals surface area contributed by atoms with Crippen molar-refractivity contribution in [2.24, 2.45) is 0 Å². The van der Waals surface area contributed by atoms with Gasteiger partial charge in [-0.25, -0.2) is 52.8 Å². The molecule has 0 atom stereocenters. The first-order valence-electron chi connectivity index (χ1n) is 25.9. The molecule has 30 heteroatoms. The number of alkyl halides is 1. The number of sulfonamides is 3. The molecule has 0 radical (unpaired) electrons. The van der Waals surface area contributed by atoms with Gasteiger partial charge in [-0.05, 0) is 108 Å². The molecule has 0 fully saturated rings. The van der Waals surface area contributed by atoms with Gasteiger partial charge in [-0.3, -0.25) is 17.7 Å². The number of hydrogen-bond acceptors (Lipinski definition) is 12. The predicted octanol–water partition coefficient (Wildman–Crippen LogP) is 13.5. The zero-order valence-corrected chi connectivity index (χ0v) is 58.4. The Hall–Kier alpha value is -6.30. The molecule has 0 aromatic heterocycles. The number of ether oxygens (including phenoxy) is 2. The SMILES string of the molecule is CN(c1cc(-c2ccccc2)c(F)cc1C(=O)O)S(=O)(=O)c1cc(Cl)cc(Cl)c1.COC(=O)c1cc(F)c(-c2ccccc2)cc1N(C)S(=O)(=O)c1cc(Cl)cc(Cl)c1.COC(=O)c1cc(F)c(-c2ccccc2)cc1NS(=O)(=O)c1cc(Cl)cc(Cl)c1.[2H]CF.[K+].[OH-]. The summed E-state index contributed by atoms with van der Waals surface area (Å²) in [6.07, 6.45) is 0. The summed E-state index contributed by atoms with van der Waals surface area (Å²) in [5.74, 6) is -5.43. The molecule has 0 aliphatic heterocycles. The summed E-state index contributed by atoms with van der Waals surface area (Å²) in [6.45, 7) is 0. The summed E-state index contributed by atoms with van der Waals surface area (Å²) in [4.78, 5) is 35.4. The molecule has 3 N–H and O–H groups in total. The number of methoxy groups -OCH3 is 2. The van der Waals surface area contributed by atoms with Gasteiger partial charge in [0.05, 0.1) is 71.2 Å². The van der Waals surface area contributed by atoms with Gasteiger partial charge in [0.2, 0.25) is 0 Å². The third-order valence-electron chi connectivity index (χ3n) is 12.6. The molecule has 0 saturated heterocycles. The Morgan fingerprint density at radius 3 is 1.08 bits per heavy atom. The second-order valence-electron chi connectivity index (χ2n) is 18.3. The van der Waals surface area contributed by atoms with Crippen molar-refractivity contribution >= 4 is 135 Å². The van der Waals surface area contributed by atoms with Crippen LogP contribution in [-0.4, -0.2) is 89.2 Å². The summed E-state index contributed by atoms with van der Waals surface area (Å²) >= 11 is 35.5. The van der Waals surface area contributed by atoms with Crippen LogP contribution in [0.15, 0.2) is 197 Å². The molecule has 0 saturated carbocycles. The van der Waals surface area contributed by atoms with Crippen LogP contribution in [0.2, 0.25) is 30.1 Å². The van der Waals surface area contributed by atoms with Crippen LogP contribution >= 0.6 is 69.6 Å². The zero-order chi connectivity index (χ0) is 67.3. The van der Waals surface area contributed by atoms with Crippen molar-refractivity contribution in [3.63, 3.8) is 0 Å². The average molecular weight is 1470 g/mol. The van der Waals surface area contributed by atoms with E-state index in [1.807, 2.05) is 0 Å². The second-order valence-corrected chi connectivity index (χ2v) is 26.6. The van der Waals surface area contributed by atoms with Crippen molar-refractivity contribution in [3.05, 3.63) is 246 Å². The number of carbonyl (C=O) groups is 3. The Bertz CT molecular complexity index is 4490. The van der Waals surface area contributed by atoms with Crippen LogP contribution in [0.1, 0.15) is 32.4 Å².